The summed E-state index contributed by atoms with van der Waals surface area (Å²) in [5.74, 6) is -0.345. The molecule has 1 aromatic heterocycles. The first-order valence-electron chi connectivity index (χ1n) is 8.60. The second-order valence-electron chi connectivity index (χ2n) is 6.93. The summed E-state index contributed by atoms with van der Waals surface area (Å²) >= 11 is 6.65. The molecule has 2 aliphatic rings. The van der Waals surface area contributed by atoms with Crippen LogP contribution in [0.4, 0.5) is 10.1 Å². The van der Waals surface area contributed by atoms with Crippen LogP contribution in [0.3, 0.4) is 0 Å². The van der Waals surface area contributed by atoms with Crippen LogP contribution in [0.15, 0.2) is 23.0 Å². The van der Waals surface area contributed by atoms with Gasteiger partial charge in [-0.3, -0.25) is 4.79 Å². The summed E-state index contributed by atoms with van der Waals surface area (Å²) in [6.07, 6.45) is 4.88. The van der Waals surface area contributed by atoms with Crippen LogP contribution < -0.4 is 16.2 Å². The Morgan fingerprint density at radius 3 is 2.75 bits per heavy atom. The number of nitrogens with zero attached hydrogens (tertiary/aromatic N) is 2. The first kappa shape index (κ1) is 15.9. The molecule has 1 aliphatic heterocycles. The number of aromatic nitrogens is 1. The Morgan fingerprint density at radius 1 is 1.21 bits per heavy atom. The molecule has 1 atom stereocenters. The largest absolute Gasteiger partial charge is 0.366 e. The van der Waals surface area contributed by atoms with Crippen LogP contribution in [-0.4, -0.2) is 23.7 Å². The van der Waals surface area contributed by atoms with Crippen molar-refractivity contribution in [1.82, 2.24) is 4.57 Å². The minimum Gasteiger partial charge on any atom is -0.366 e. The van der Waals surface area contributed by atoms with Crippen molar-refractivity contribution >= 4 is 28.2 Å². The van der Waals surface area contributed by atoms with Crippen molar-refractivity contribution in [3.05, 3.63) is 39.4 Å². The van der Waals surface area contributed by atoms with Crippen molar-refractivity contribution in [3.63, 3.8) is 0 Å². The number of halogens is 2. The quantitative estimate of drug-likeness (QED) is 0.903. The lowest BCUT2D eigenvalue weighted by atomic mass is 10.1. The average Bonchev–Trinajstić information content (AvgIpc) is 3.36. The summed E-state index contributed by atoms with van der Waals surface area (Å²) in [5, 5.41) is 1.01. The maximum absolute atomic E-state index is 14.8. The lowest BCUT2D eigenvalue weighted by molar-refractivity contribution is 0.602. The summed E-state index contributed by atoms with van der Waals surface area (Å²) in [5.41, 5.74) is 7.10. The van der Waals surface area contributed by atoms with Crippen LogP contribution in [0.1, 0.15) is 38.1 Å². The number of hydrogen-bond donors (Lipinski definition) is 1. The van der Waals surface area contributed by atoms with Crippen LogP contribution in [0, 0.1) is 5.82 Å². The van der Waals surface area contributed by atoms with Crippen LogP contribution in [0.25, 0.3) is 10.9 Å². The molecule has 2 fully saturated rings. The Hall–Kier alpha value is -1.59. The molecular weight excluding hydrogens is 329 g/mol. The maximum atomic E-state index is 14.8. The molecule has 2 aromatic rings. The van der Waals surface area contributed by atoms with Crippen LogP contribution in [0.2, 0.25) is 5.02 Å². The second kappa shape index (κ2) is 6.05. The molecule has 2 N–H and O–H groups in total. The number of nitrogens with two attached hydrogens (primary N) is 1. The van der Waals surface area contributed by atoms with Gasteiger partial charge in [0.2, 0.25) is 0 Å². The van der Waals surface area contributed by atoms with Crippen molar-refractivity contribution < 1.29 is 4.39 Å². The molecule has 1 aromatic carbocycles. The third-order valence-corrected chi connectivity index (χ3v) is 5.38. The zero-order chi connectivity index (χ0) is 16.8. The highest BCUT2D eigenvalue weighted by molar-refractivity contribution is 6.38. The highest BCUT2D eigenvalue weighted by Crippen LogP contribution is 2.41. The summed E-state index contributed by atoms with van der Waals surface area (Å²) in [6, 6.07) is 4.84. The first-order valence-corrected chi connectivity index (χ1v) is 8.98. The lowest BCUT2D eigenvalue weighted by Crippen LogP contribution is -2.36. The molecule has 0 radical (unpaired) electrons. The number of fused-ring (bicyclic) bond motifs is 1. The van der Waals surface area contributed by atoms with Crippen molar-refractivity contribution in [2.45, 2.75) is 44.2 Å². The zero-order valence-electron chi connectivity index (χ0n) is 13.5. The number of benzene rings is 1. The van der Waals surface area contributed by atoms with Crippen molar-refractivity contribution in [2.24, 2.45) is 5.73 Å². The smallest absolute Gasteiger partial charge is 0.251 e. The molecule has 0 bridgehead atoms. The van der Waals surface area contributed by atoms with Gasteiger partial charge in [0.15, 0.2) is 0 Å². The normalized spacial score (nSPS) is 22.0. The molecule has 1 saturated carbocycles. The van der Waals surface area contributed by atoms with Gasteiger partial charge < -0.3 is 15.2 Å². The van der Waals surface area contributed by atoms with Gasteiger partial charge in [0.05, 0.1) is 16.2 Å². The Balaban J connectivity index is 1.92. The summed E-state index contributed by atoms with van der Waals surface area (Å²) < 4.78 is 16.6. The van der Waals surface area contributed by atoms with E-state index in [1.807, 2.05) is 4.90 Å². The summed E-state index contributed by atoms with van der Waals surface area (Å²) in [6.45, 7) is 1.32. The van der Waals surface area contributed by atoms with Crippen molar-refractivity contribution in [3.8, 4) is 0 Å². The zero-order valence-corrected chi connectivity index (χ0v) is 14.2. The van der Waals surface area contributed by atoms with E-state index in [9.17, 15) is 9.18 Å². The minimum absolute atomic E-state index is 0.0139. The molecule has 0 amide bonds. The van der Waals surface area contributed by atoms with Gasteiger partial charge in [0.25, 0.3) is 5.56 Å². The monoisotopic (exact) mass is 349 g/mol. The molecule has 1 saturated heterocycles. The van der Waals surface area contributed by atoms with Crippen molar-refractivity contribution in [2.75, 3.05) is 18.0 Å². The molecule has 2 heterocycles. The van der Waals surface area contributed by atoms with Crippen LogP contribution >= 0.6 is 11.6 Å². The van der Waals surface area contributed by atoms with E-state index in [0.29, 0.717) is 28.2 Å². The molecular formula is C18H21ClFN3O. The Kier molecular flexibility index (Phi) is 4.01. The predicted octanol–water partition coefficient (Wildman–Crippen LogP) is 3.45. The fourth-order valence-corrected chi connectivity index (χ4v) is 4.11. The number of rotatable bonds is 2. The molecule has 24 heavy (non-hydrogen) atoms. The average molecular weight is 350 g/mol. The van der Waals surface area contributed by atoms with E-state index in [4.69, 9.17) is 17.3 Å². The van der Waals surface area contributed by atoms with Gasteiger partial charge in [-0.15, -0.1) is 0 Å². The molecule has 6 heteroatoms. The first-order chi connectivity index (χ1) is 11.6. The number of anilines is 1. The number of pyridine rings is 1. The predicted molar refractivity (Wildman–Crippen MR) is 95.5 cm³/mol. The SMILES string of the molecule is N[C@@H]1CCCCN(c2c(F)cc3ccc(=O)n(C4CC4)c3c2Cl)C1. The molecule has 0 spiro atoms. The van der Waals surface area contributed by atoms with Gasteiger partial charge in [-0.1, -0.05) is 18.0 Å². The Bertz CT molecular complexity index is 846. The third kappa shape index (κ3) is 2.70. The fraction of sp³-hybridized carbons (Fsp3) is 0.500. The van der Waals surface area contributed by atoms with Crippen LogP contribution in [-0.2, 0) is 0 Å². The topological polar surface area (TPSA) is 51.3 Å². The summed E-state index contributed by atoms with van der Waals surface area (Å²) in [7, 11) is 0. The molecule has 1 aliphatic carbocycles. The highest BCUT2D eigenvalue weighted by atomic mass is 35.5. The molecule has 4 nitrogen and oxygen atoms in total. The van der Waals surface area contributed by atoms with E-state index in [2.05, 4.69) is 0 Å². The number of hydrogen-bond acceptors (Lipinski definition) is 3. The van der Waals surface area contributed by atoms with E-state index in [1.165, 1.54) is 12.1 Å². The summed E-state index contributed by atoms with van der Waals surface area (Å²) in [4.78, 5) is 14.3. The van der Waals surface area contributed by atoms with Gasteiger partial charge in [-0.2, -0.15) is 0 Å². The van der Waals surface area contributed by atoms with Gasteiger partial charge in [-0.05, 0) is 37.8 Å². The lowest BCUT2D eigenvalue weighted by Gasteiger charge is -2.27. The van der Waals surface area contributed by atoms with E-state index in [0.717, 1.165) is 38.6 Å². The minimum atomic E-state index is -0.345. The molecule has 0 unspecified atom stereocenters. The van der Waals surface area contributed by atoms with E-state index >= 15 is 0 Å². The standard InChI is InChI=1S/C18H21ClFN3O/c19-16-17-11(4-7-15(24)23(17)13-5-6-13)9-14(20)18(16)22-8-2-1-3-12(21)10-22/h4,7,9,12-13H,1-3,5-6,8,10,21H2/t12-/m1/s1. The van der Waals surface area contributed by atoms with E-state index < -0.39 is 0 Å². The van der Waals surface area contributed by atoms with Crippen molar-refractivity contribution in [1.29, 1.82) is 0 Å². The van der Waals surface area contributed by atoms with E-state index in [1.54, 1.807) is 10.6 Å². The second-order valence-corrected chi connectivity index (χ2v) is 7.31. The van der Waals surface area contributed by atoms with Gasteiger partial charge in [0.1, 0.15) is 5.82 Å². The molecule has 128 valence electrons. The van der Waals surface area contributed by atoms with E-state index in [-0.39, 0.29) is 23.5 Å². The van der Waals surface area contributed by atoms with Gasteiger partial charge in [0, 0.05) is 36.6 Å². The molecule has 4 rings (SSSR count). The highest BCUT2D eigenvalue weighted by Gasteiger charge is 2.29. The fourth-order valence-electron chi connectivity index (χ4n) is 3.70. The third-order valence-electron chi connectivity index (χ3n) is 5.02. The maximum Gasteiger partial charge on any atom is 0.251 e. The Morgan fingerprint density at radius 2 is 2.00 bits per heavy atom. The van der Waals surface area contributed by atoms with Gasteiger partial charge >= 0.3 is 0 Å². The Labute approximate surface area is 145 Å². The van der Waals surface area contributed by atoms with Gasteiger partial charge in [-0.25, -0.2) is 4.39 Å². The van der Waals surface area contributed by atoms with Crippen LogP contribution in [0.5, 0.6) is 0 Å².